The maximum atomic E-state index is 2.57. The van der Waals surface area contributed by atoms with Gasteiger partial charge in [-0.3, -0.25) is 0 Å². The van der Waals surface area contributed by atoms with E-state index >= 15 is 0 Å². The van der Waals surface area contributed by atoms with Crippen molar-refractivity contribution in [2.24, 2.45) is 0 Å². The summed E-state index contributed by atoms with van der Waals surface area (Å²) in [6.45, 7) is 0. The van der Waals surface area contributed by atoms with E-state index in [0.717, 1.165) is 39.4 Å². The summed E-state index contributed by atoms with van der Waals surface area (Å²) in [5.41, 5.74) is 35.4. The molecule has 18 aromatic carbocycles. The van der Waals surface area contributed by atoms with E-state index in [1.807, 2.05) is 23.5 Å². The number of hydrogen-bond donors (Lipinski definition) is 0. The molecule has 25 rings (SSSR count). The molecular formula is C110H68N4S2. The summed E-state index contributed by atoms with van der Waals surface area (Å²) in [6.07, 6.45) is 0. The smallest absolute Gasteiger partial charge is 0.0764 e. The third-order valence-electron chi connectivity index (χ3n) is 25.6. The Morgan fingerprint density at radius 3 is 1.10 bits per heavy atom. The monoisotopic (exact) mass is 1510 g/mol. The Kier molecular flexibility index (Phi) is 14.2. The molecule has 0 N–H and O–H groups in total. The number of aromatic nitrogens is 3. The van der Waals surface area contributed by atoms with Gasteiger partial charge >= 0.3 is 0 Å². The maximum Gasteiger partial charge on any atom is 0.0764 e. The first-order valence-electron chi connectivity index (χ1n) is 40.0. The van der Waals surface area contributed by atoms with Gasteiger partial charge in [-0.15, -0.1) is 0 Å². The first-order valence-corrected chi connectivity index (χ1v) is 41.7. The third kappa shape index (κ3) is 9.19. The number of nitrogens with zero attached hydrogens (tertiary/aromatic N) is 4. The zero-order chi connectivity index (χ0) is 75.9. The van der Waals surface area contributed by atoms with Gasteiger partial charge in [-0.05, 0) is 203 Å². The first kappa shape index (κ1) is 65.4. The van der Waals surface area contributed by atoms with Gasteiger partial charge in [-0.25, -0.2) is 0 Å². The van der Waals surface area contributed by atoms with Crippen molar-refractivity contribution in [2.75, 3.05) is 4.90 Å². The van der Waals surface area contributed by atoms with Crippen LogP contribution in [0.4, 0.5) is 17.1 Å². The molecule has 2 unspecified atom stereocenters. The summed E-state index contributed by atoms with van der Waals surface area (Å²) in [7, 11) is 0. The Hall–Kier alpha value is -14.1. The number of anilines is 3. The predicted molar refractivity (Wildman–Crippen MR) is 483 cm³/mol. The normalized spacial score (nSPS) is 15.2. The van der Waals surface area contributed by atoms with Crippen LogP contribution in [-0.4, -0.2) is 13.7 Å². The second-order valence-corrected chi connectivity index (χ2v) is 33.4. The molecule has 4 aliphatic rings. The molecule has 7 heterocycles. The molecule has 116 heavy (non-hydrogen) atoms. The van der Waals surface area contributed by atoms with Gasteiger partial charge in [0.15, 0.2) is 0 Å². The summed E-state index contributed by atoms with van der Waals surface area (Å²) in [4.78, 5) is 7.54. The molecule has 0 amide bonds. The lowest BCUT2D eigenvalue weighted by Crippen LogP contribution is -2.37. The van der Waals surface area contributed by atoms with Crippen molar-refractivity contribution in [3.05, 3.63) is 457 Å². The molecule has 6 heteroatoms. The van der Waals surface area contributed by atoms with Gasteiger partial charge in [-0.1, -0.05) is 333 Å². The fourth-order valence-electron chi connectivity index (χ4n) is 20.7. The second kappa shape index (κ2) is 25.2. The van der Waals surface area contributed by atoms with E-state index < -0.39 is 10.8 Å². The minimum Gasteiger partial charge on any atom is -0.310 e. The fraction of sp³-hybridized carbons (Fsp3) is 0.0182. The third-order valence-corrected chi connectivity index (χ3v) is 28.0. The van der Waals surface area contributed by atoms with Crippen molar-refractivity contribution < 1.29 is 0 Å². The van der Waals surface area contributed by atoms with Crippen LogP contribution in [-0.2, 0) is 10.8 Å². The van der Waals surface area contributed by atoms with E-state index in [2.05, 4.69) is 431 Å². The number of fused-ring (bicyclic) bond motifs is 25. The van der Waals surface area contributed by atoms with Crippen molar-refractivity contribution in [1.29, 1.82) is 0 Å². The lowest BCUT2D eigenvalue weighted by atomic mass is 9.62. The molecule has 3 aromatic heterocycles. The zero-order valence-electron chi connectivity index (χ0n) is 62.9. The SMILES string of the molecule is c1ccc(N(c2ccc(-c3ccc(-c4cccc5c4Sc4ccccc4C54c5ccccc5-n5c6ccccc6c6cccc4c65)cc3)cc2)c2cccc(-c3ccc4c(c3)c3cccc5c3n4-c3ccccc3C53c4ccccc4Sc4c(-c5ccc(-c6ccc(-n7c8ccccc8c8ccccc87)cc6)cc5)cccc43)c2)cc1. The van der Waals surface area contributed by atoms with E-state index in [1.165, 1.54) is 180 Å². The number of rotatable bonds is 9. The molecule has 2 spiro atoms. The van der Waals surface area contributed by atoms with Crippen LogP contribution in [0.5, 0.6) is 0 Å². The highest BCUT2D eigenvalue weighted by Gasteiger charge is 2.52. The molecule has 0 fully saturated rings. The molecule has 21 aromatic rings. The van der Waals surface area contributed by atoms with Gasteiger partial charge in [-0.2, -0.15) is 0 Å². The van der Waals surface area contributed by atoms with Gasteiger partial charge < -0.3 is 18.6 Å². The van der Waals surface area contributed by atoms with Crippen LogP contribution in [0, 0.1) is 0 Å². The van der Waals surface area contributed by atoms with Crippen LogP contribution in [0.3, 0.4) is 0 Å². The second-order valence-electron chi connectivity index (χ2n) is 31.3. The lowest BCUT2D eigenvalue weighted by Gasteiger charge is -2.45. The highest BCUT2D eigenvalue weighted by atomic mass is 32.2. The molecule has 0 aliphatic carbocycles. The predicted octanol–water partition coefficient (Wildman–Crippen LogP) is 29.1. The molecule has 0 saturated carbocycles. The number of para-hydroxylation sites is 8. The van der Waals surface area contributed by atoms with E-state index in [4.69, 9.17) is 0 Å². The minimum atomic E-state index is -0.625. The molecule has 4 nitrogen and oxygen atoms in total. The minimum absolute atomic E-state index is 0.549. The maximum absolute atomic E-state index is 2.57. The van der Waals surface area contributed by atoms with Crippen LogP contribution >= 0.6 is 23.5 Å². The van der Waals surface area contributed by atoms with Crippen LogP contribution in [0.25, 0.3) is 138 Å². The van der Waals surface area contributed by atoms with Gasteiger partial charge in [0.05, 0.1) is 55.3 Å². The van der Waals surface area contributed by atoms with Gasteiger partial charge in [0.2, 0.25) is 0 Å². The molecule has 2 atom stereocenters. The Bertz CT molecular complexity index is 7640. The standard InChI is InChI=1S/C110H68N4S2/c1-2-24-77(25-3-1)111(78-62-57-71(58-63-78)69-49-53-73(54-50-69)81-30-19-40-95-107(81)115-103-47-16-9-36-91(103)109(95)89-34-7-14-45-101(89)113-99-44-13-6-29-85(99)86-32-21-38-93(109)105(86)113)80-26-18-23-75(67-80)76-61-66-100-88(68-76)87-33-22-39-94-106(87)114(100)102-46-15-8-35-90(102)110(94)92-37-10-17-48-104(92)116-108-82(31-20-41-96(108)110)74-55-51-70(52-56-74)72-59-64-79(65-60-72)112-97-42-11-4-27-83(97)84-28-5-12-43-98(84)112/h1-68H. The van der Waals surface area contributed by atoms with E-state index in [0.29, 0.717) is 0 Å². The van der Waals surface area contributed by atoms with Crippen molar-refractivity contribution in [3.8, 4) is 72.7 Å². The zero-order valence-corrected chi connectivity index (χ0v) is 64.5. The van der Waals surface area contributed by atoms with Crippen LogP contribution in [0.15, 0.2) is 432 Å². The summed E-state index contributed by atoms with van der Waals surface area (Å²) in [5, 5.41) is 7.57. The first-order chi connectivity index (χ1) is 57.5. The highest BCUT2D eigenvalue weighted by molar-refractivity contribution is 8.00. The molecule has 0 bridgehead atoms. The average Bonchev–Trinajstić information content (AvgIpc) is 1.34. The van der Waals surface area contributed by atoms with Crippen LogP contribution in [0.1, 0.15) is 44.5 Å². The van der Waals surface area contributed by atoms with Gasteiger partial charge in [0, 0.05) is 74.6 Å². The quantitative estimate of drug-likeness (QED) is 0.143. The topological polar surface area (TPSA) is 18.0 Å². The van der Waals surface area contributed by atoms with E-state index in [1.54, 1.807) is 0 Å². The van der Waals surface area contributed by atoms with Gasteiger partial charge in [0.25, 0.3) is 0 Å². The summed E-state index contributed by atoms with van der Waals surface area (Å²) >= 11 is 3.82. The molecule has 0 radical (unpaired) electrons. The van der Waals surface area contributed by atoms with Crippen molar-refractivity contribution in [2.45, 2.75) is 30.4 Å². The Morgan fingerprint density at radius 2 is 0.560 bits per heavy atom. The van der Waals surface area contributed by atoms with Crippen molar-refractivity contribution in [1.82, 2.24) is 13.7 Å². The average molecular weight is 1510 g/mol. The summed E-state index contributed by atoms with van der Waals surface area (Å²) in [5.74, 6) is 0. The number of benzene rings is 18. The molecule has 0 saturated heterocycles. The number of hydrogen-bond acceptors (Lipinski definition) is 3. The van der Waals surface area contributed by atoms with Crippen molar-refractivity contribution >= 4 is 106 Å². The van der Waals surface area contributed by atoms with Crippen LogP contribution < -0.4 is 4.90 Å². The van der Waals surface area contributed by atoms with Gasteiger partial charge in [0.1, 0.15) is 0 Å². The van der Waals surface area contributed by atoms with E-state index in [-0.39, 0.29) is 0 Å². The Balaban J connectivity index is 0.547. The Labute approximate surface area is 679 Å². The molecule has 540 valence electrons. The van der Waals surface area contributed by atoms with Crippen molar-refractivity contribution in [3.63, 3.8) is 0 Å². The molecular weight excluding hydrogens is 1440 g/mol. The van der Waals surface area contributed by atoms with Crippen LogP contribution in [0.2, 0.25) is 0 Å². The lowest BCUT2D eigenvalue weighted by molar-refractivity contribution is 0.690. The largest absolute Gasteiger partial charge is 0.310 e. The fourth-order valence-corrected chi connectivity index (χ4v) is 23.4. The molecule has 4 aliphatic heterocycles. The highest BCUT2D eigenvalue weighted by Crippen LogP contribution is 2.64. The Morgan fingerprint density at radius 1 is 0.207 bits per heavy atom. The summed E-state index contributed by atoms with van der Waals surface area (Å²) < 4.78 is 7.48. The van der Waals surface area contributed by atoms with E-state index in [9.17, 15) is 0 Å². The summed E-state index contributed by atoms with van der Waals surface area (Å²) in [6, 6.07) is 155.